The molecule has 1 saturated heterocycles. The summed E-state index contributed by atoms with van der Waals surface area (Å²) in [5.74, 6) is 0. The number of hydrogen-bond donors (Lipinski definition) is 2. The number of likely N-dealkylation sites (N-methyl/N-ethyl adjacent to an activating group) is 1. The number of nitrogens with zero attached hydrogens (tertiary/aromatic N) is 2. The minimum atomic E-state index is -3.92. The first-order chi connectivity index (χ1) is 17.4. The fourth-order valence-corrected chi connectivity index (χ4v) is 8.20. The van der Waals surface area contributed by atoms with Gasteiger partial charge in [0.25, 0.3) is 5.56 Å². The van der Waals surface area contributed by atoms with E-state index in [1.165, 1.54) is 22.1 Å². The van der Waals surface area contributed by atoms with Crippen molar-refractivity contribution in [3.05, 3.63) is 43.7 Å². The van der Waals surface area contributed by atoms with Crippen molar-refractivity contribution in [2.45, 2.75) is 109 Å². The zero-order chi connectivity index (χ0) is 30.1. The topological polar surface area (TPSA) is 146 Å². The first-order valence-corrected chi connectivity index (χ1v) is 20.5. The molecule has 222 valence electrons. The summed E-state index contributed by atoms with van der Waals surface area (Å²) in [6.45, 7) is 22.4. The smallest absolute Gasteiger partial charge is 0.330 e. The van der Waals surface area contributed by atoms with E-state index in [-0.39, 0.29) is 22.4 Å². The van der Waals surface area contributed by atoms with Crippen LogP contribution in [0.15, 0.2) is 26.9 Å². The predicted octanol–water partition coefficient (Wildman–Crippen LogP) is 2.97. The Morgan fingerprint density at radius 3 is 2.08 bits per heavy atom. The van der Waals surface area contributed by atoms with Crippen molar-refractivity contribution in [1.82, 2.24) is 13.9 Å². The average molecular weight is 603 g/mol. The van der Waals surface area contributed by atoms with E-state index in [2.05, 4.69) is 59.6 Å². The van der Waals surface area contributed by atoms with Crippen LogP contribution in [0.5, 0.6) is 0 Å². The van der Waals surface area contributed by atoms with Gasteiger partial charge in [0.05, 0.1) is 12.0 Å². The largest absolute Gasteiger partial charge is 0.414 e. The van der Waals surface area contributed by atoms with Crippen molar-refractivity contribution in [3.8, 4) is 0 Å². The van der Waals surface area contributed by atoms with E-state index in [9.17, 15) is 18.0 Å². The number of aryl methyl sites for hydroxylation is 1. The Morgan fingerprint density at radius 2 is 1.62 bits per heavy atom. The second-order valence-corrected chi connectivity index (χ2v) is 25.2. The maximum atomic E-state index is 13.3. The van der Waals surface area contributed by atoms with Crippen molar-refractivity contribution >= 4 is 26.7 Å². The van der Waals surface area contributed by atoms with Crippen LogP contribution in [-0.2, 0) is 23.6 Å². The van der Waals surface area contributed by atoms with Gasteiger partial charge in [-0.2, -0.15) is 4.31 Å². The molecule has 2 aliphatic rings. The number of sulfonamides is 1. The molecule has 3 N–H and O–H groups in total. The summed E-state index contributed by atoms with van der Waals surface area (Å²) in [6, 6.07) is 0. The van der Waals surface area contributed by atoms with Crippen molar-refractivity contribution in [2.24, 2.45) is 5.73 Å². The molecular formula is C25H46N4O7SSi2. The molecule has 3 heterocycles. The van der Waals surface area contributed by atoms with E-state index in [0.29, 0.717) is 5.56 Å². The minimum absolute atomic E-state index is 0.0375. The third-order valence-corrected chi connectivity index (χ3v) is 19.8. The molecule has 1 fully saturated rings. The first kappa shape index (κ1) is 32.0. The molecule has 0 aromatic carbocycles. The lowest BCUT2D eigenvalue weighted by atomic mass is 9.85. The third kappa shape index (κ3) is 5.29. The molecule has 0 amide bonds. The monoisotopic (exact) mass is 602 g/mol. The van der Waals surface area contributed by atoms with Crippen LogP contribution in [0, 0.1) is 6.92 Å². The van der Waals surface area contributed by atoms with Crippen LogP contribution in [0.3, 0.4) is 0 Å². The third-order valence-electron chi connectivity index (χ3n) is 9.18. The molecule has 2 aliphatic heterocycles. The Kier molecular flexibility index (Phi) is 8.01. The van der Waals surface area contributed by atoms with Crippen molar-refractivity contribution < 1.29 is 22.0 Å². The number of ether oxygens (including phenoxy) is 1. The van der Waals surface area contributed by atoms with E-state index in [1.807, 2.05) is 13.1 Å². The molecule has 14 heteroatoms. The summed E-state index contributed by atoms with van der Waals surface area (Å²) in [5, 5.41) is 0.674. The van der Waals surface area contributed by atoms with Crippen molar-refractivity contribution in [1.29, 1.82) is 0 Å². The lowest BCUT2D eigenvalue weighted by molar-refractivity contribution is -0.0507. The van der Waals surface area contributed by atoms with Crippen LogP contribution in [0.1, 0.15) is 53.3 Å². The molecule has 0 radical (unpaired) electrons. The van der Waals surface area contributed by atoms with Gasteiger partial charge >= 0.3 is 5.69 Å². The number of hydrogen-bond acceptors (Lipinski definition) is 8. The van der Waals surface area contributed by atoms with Crippen LogP contribution < -0.4 is 17.0 Å². The molecule has 1 aromatic rings. The molecule has 3 rings (SSSR count). The molecular weight excluding hydrogens is 557 g/mol. The summed E-state index contributed by atoms with van der Waals surface area (Å²) in [5.41, 5.74) is 4.30. The number of H-pyrrole nitrogens is 1. The Hall–Kier alpha value is -1.56. The Bertz CT molecular complexity index is 1370. The standard InChI is InChI=1S/C25H46N4O7SSi2/c1-16-13-29(22(31)27-20(16)30)21-19(36-39(11,12)24(5,6)7)25(17(26)15-37(32,33)28(25)8)18(35-21)14-34-38(9,10)23(2,3)4/h13,15,18-19,21H,14,26H2,1-12H3,(H,27,30,31)/t18-,19+,21-,25-/m1/s1. The first-order valence-electron chi connectivity index (χ1n) is 13.2. The summed E-state index contributed by atoms with van der Waals surface area (Å²) in [4.78, 5) is 27.6. The van der Waals surface area contributed by atoms with Gasteiger partial charge in [-0.25, -0.2) is 13.2 Å². The molecule has 0 aliphatic carbocycles. The van der Waals surface area contributed by atoms with Crippen molar-refractivity contribution in [2.75, 3.05) is 13.7 Å². The molecule has 1 aromatic heterocycles. The van der Waals surface area contributed by atoms with Gasteiger partial charge in [0.1, 0.15) is 17.7 Å². The minimum Gasteiger partial charge on any atom is -0.414 e. The molecule has 39 heavy (non-hydrogen) atoms. The van der Waals surface area contributed by atoms with Gasteiger partial charge in [0.2, 0.25) is 10.0 Å². The Morgan fingerprint density at radius 1 is 1.08 bits per heavy atom. The predicted molar refractivity (Wildman–Crippen MR) is 157 cm³/mol. The van der Waals surface area contributed by atoms with E-state index < -0.39 is 61.9 Å². The normalized spacial score (nSPS) is 28.3. The molecule has 0 saturated carbocycles. The van der Waals surface area contributed by atoms with Gasteiger partial charge in [-0.1, -0.05) is 41.5 Å². The summed E-state index contributed by atoms with van der Waals surface area (Å²) in [7, 11) is -7.38. The zero-order valence-electron chi connectivity index (χ0n) is 25.3. The van der Waals surface area contributed by atoms with E-state index in [1.54, 1.807) is 6.92 Å². The fraction of sp³-hybridized carbons (Fsp3) is 0.760. The van der Waals surface area contributed by atoms with Crippen molar-refractivity contribution in [3.63, 3.8) is 0 Å². The highest BCUT2D eigenvalue weighted by atomic mass is 32.2. The molecule has 11 nitrogen and oxygen atoms in total. The van der Waals surface area contributed by atoms with Gasteiger partial charge in [-0.05, 0) is 43.2 Å². The second kappa shape index (κ2) is 9.77. The van der Waals surface area contributed by atoms with E-state index in [0.717, 1.165) is 5.41 Å². The van der Waals surface area contributed by atoms with Gasteiger partial charge < -0.3 is 19.3 Å². The summed E-state index contributed by atoms with van der Waals surface area (Å²) < 4.78 is 49.1. The molecule has 4 atom stereocenters. The van der Waals surface area contributed by atoms with Gasteiger partial charge in [-0.3, -0.25) is 14.3 Å². The van der Waals surface area contributed by atoms with Gasteiger partial charge in [-0.15, -0.1) is 0 Å². The van der Waals surface area contributed by atoms with E-state index in [4.69, 9.17) is 19.3 Å². The maximum Gasteiger partial charge on any atom is 0.330 e. The SMILES string of the molecule is Cc1cn([C@@H]2O[C@H](CO[Si](C)(C)C(C)(C)C)[C@]3(C(N)=CS(=O)(=O)N3C)[C@H]2O[Si](C)(C)C(C)(C)C)c(=O)[nH]c1=O. The van der Waals surface area contributed by atoms with Gasteiger partial charge in [0, 0.05) is 24.5 Å². The van der Waals surface area contributed by atoms with E-state index >= 15 is 0 Å². The number of nitrogens with one attached hydrogen (secondary N) is 1. The Balaban J connectivity index is 2.29. The number of aromatic amines is 1. The molecule has 0 bridgehead atoms. The van der Waals surface area contributed by atoms with Crippen LogP contribution in [-0.4, -0.2) is 70.3 Å². The van der Waals surface area contributed by atoms with Crippen LogP contribution >= 0.6 is 0 Å². The number of aromatic nitrogens is 2. The van der Waals surface area contributed by atoms with Crippen LogP contribution in [0.2, 0.25) is 36.3 Å². The summed E-state index contributed by atoms with van der Waals surface area (Å²) >= 11 is 0. The maximum absolute atomic E-state index is 13.3. The quantitative estimate of drug-likeness (QED) is 0.473. The molecule has 0 unspecified atom stereocenters. The lowest BCUT2D eigenvalue weighted by Crippen LogP contribution is -2.64. The average Bonchev–Trinajstić information content (AvgIpc) is 3.15. The highest BCUT2D eigenvalue weighted by Crippen LogP contribution is 2.52. The van der Waals surface area contributed by atoms with Crippen LogP contribution in [0.4, 0.5) is 0 Å². The number of nitrogens with two attached hydrogens (primary N) is 1. The lowest BCUT2D eigenvalue weighted by Gasteiger charge is -2.46. The van der Waals surface area contributed by atoms with Gasteiger partial charge in [0.15, 0.2) is 22.9 Å². The fourth-order valence-electron chi connectivity index (χ4n) is 4.50. The highest BCUT2D eigenvalue weighted by Gasteiger charge is 2.68. The Labute approximate surface area is 234 Å². The summed E-state index contributed by atoms with van der Waals surface area (Å²) in [6.07, 6.45) is -1.57. The highest BCUT2D eigenvalue weighted by molar-refractivity contribution is 7.92. The van der Waals surface area contributed by atoms with Crippen LogP contribution in [0.25, 0.3) is 0 Å². The molecule has 1 spiro atoms. The second-order valence-electron chi connectivity index (χ2n) is 13.8. The number of rotatable bonds is 6. The zero-order valence-corrected chi connectivity index (χ0v) is 28.1.